The van der Waals surface area contributed by atoms with Crippen molar-refractivity contribution in [3.63, 3.8) is 0 Å². The molecule has 25 heavy (non-hydrogen) atoms. The zero-order valence-electron chi connectivity index (χ0n) is 15.2. The van der Waals surface area contributed by atoms with E-state index in [1.54, 1.807) is 0 Å². The average Bonchev–Trinajstić information content (AvgIpc) is 2.62. The summed E-state index contributed by atoms with van der Waals surface area (Å²) in [6.45, 7) is 6.78. The Morgan fingerprint density at radius 1 is 0.600 bits per heavy atom. The summed E-state index contributed by atoms with van der Waals surface area (Å²) in [6, 6.07) is 0. The monoisotopic (exact) mass is 570 g/mol. The van der Waals surface area contributed by atoms with Gasteiger partial charge in [0.15, 0.2) is 0 Å². The van der Waals surface area contributed by atoms with Crippen LogP contribution in [0.25, 0.3) is 0 Å². The summed E-state index contributed by atoms with van der Waals surface area (Å²) in [6.07, 6.45) is 7.51. The van der Waals surface area contributed by atoms with E-state index in [0.717, 1.165) is 4.90 Å². The van der Waals surface area contributed by atoms with Gasteiger partial charge in [-0.3, -0.25) is 0 Å². The van der Waals surface area contributed by atoms with Crippen molar-refractivity contribution < 1.29 is 0 Å². The summed E-state index contributed by atoms with van der Waals surface area (Å²) in [5.41, 5.74) is 0. The molecular formula is C18H27Cl5SSn. The van der Waals surface area contributed by atoms with E-state index in [9.17, 15) is 0 Å². The van der Waals surface area contributed by atoms with E-state index in [-0.39, 0.29) is 5.02 Å². The van der Waals surface area contributed by atoms with Crippen LogP contribution >= 0.6 is 67.0 Å². The van der Waals surface area contributed by atoms with Crippen LogP contribution in [0.5, 0.6) is 0 Å². The third kappa shape index (κ3) is 6.98. The van der Waals surface area contributed by atoms with Crippen molar-refractivity contribution in [3.05, 3.63) is 25.1 Å². The first-order valence-electron chi connectivity index (χ1n) is 9.04. The van der Waals surface area contributed by atoms with E-state index >= 15 is 0 Å². The molecule has 0 radical (unpaired) electrons. The number of hydrogen-bond donors (Lipinski definition) is 0. The van der Waals surface area contributed by atoms with E-state index in [4.69, 9.17) is 58.0 Å². The fraction of sp³-hybridized carbons (Fsp3) is 0.667. The topological polar surface area (TPSA) is 0 Å². The van der Waals surface area contributed by atoms with Crippen molar-refractivity contribution >= 4 is 83.9 Å². The molecule has 144 valence electrons. The van der Waals surface area contributed by atoms with Gasteiger partial charge in [0.05, 0.1) is 0 Å². The van der Waals surface area contributed by atoms with Gasteiger partial charge in [-0.25, -0.2) is 0 Å². The molecule has 0 heterocycles. The van der Waals surface area contributed by atoms with Gasteiger partial charge in [0, 0.05) is 0 Å². The minimum absolute atomic E-state index is 0.249. The number of benzene rings is 1. The van der Waals surface area contributed by atoms with E-state index in [1.807, 2.05) is 8.95 Å². The van der Waals surface area contributed by atoms with Crippen LogP contribution < -0.4 is 0 Å². The van der Waals surface area contributed by atoms with E-state index in [2.05, 4.69) is 20.8 Å². The Labute approximate surface area is 185 Å². The number of unbranched alkanes of at least 4 members (excludes halogenated alkanes) is 3. The molecule has 0 aliphatic rings. The standard InChI is InChI=1S/C6HCl5S.3C4H9.Sn/c7-1-2(8)4(10)6(12)5(11)3(1)9;3*1-3-4-2;/h12H;3*1,3-4H2,2H3;/q;;;;+1/p-1. The first-order valence-corrected chi connectivity index (χ1v) is 21.3. The molecule has 0 saturated heterocycles. The quantitative estimate of drug-likeness (QED) is 0.145. The van der Waals surface area contributed by atoms with Crippen LogP contribution in [0.1, 0.15) is 59.3 Å². The van der Waals surface area contributed by atoms with Crippen LogP contribution in [-0.4, -0.2) is 17.0 Å². The molecule has 0 aliphatic carbocycles. The summed E-state index contributed by atoms with van der Waals surface area (Å²) in [7, 11) is 1.96. The molecule has 0 saturated carbocycles. The van der Waals surface area contributed by atoms with Crippen LogP contribution in [0, 0.1) is 0 Å². The van der Waals surface area contributed by atoms with Crippen molar-refractivity contribution in [3.8, 4) is 0 Å². The molecular weight excluding hydrogens is 544 g/mol. The average molecular weight is 571 g/mol. The maximum absolute atomic E-state index is 6.54. The molecule has 0 aliphatic heterocycles. The summed E-state index contributed by atoms with van der Waals surface area (Å²) >= 11 is 29.3. The summed E-state index contributed by atoms with van der Waals surface area (Å²) in [5, 5.41) is 1.83. The van der Waals surface area contributed by atoms with Crippen LogP contribution in [0.15, 0.2) is 4.90 Å². The normalized spacial score (nSPS) is 12.0. The molecule has 0 bridgehead atoms. The van der Waals surface area contributed by atoms with Crippen LogP contribution in [-0.2, 0) is 0 Å². The molecule has 0 atom stereocenters. The van der Waals surface area contributed by atoms with Gasteiger partial charge >= 0.3 is 187 Å². The fourth-order valence-corrected chi connectivity index (χ4v) is 28.3. The third-order valence-electron chi connectivity index (χ3n) is 4.45. The van der Waals surface area contributed by atoms with Gasteiger partial charge in [-0.1, -0.05) is 0 Å². The van der Waals surface area contributed by atoms with E-state index in [0.29, 0.717) is 20.1 Å². The van der Waals surface area contributed by atoms with Gasteiger partial charge in [0.25, 0.3) is 0 Å². The molecule has 0 N–H and O–H groups in total. The third-order valence-corrected chi connectivity index (χ3v) is 28.4. The van der Waals surface area contributed by atoms with Crippen molar-refractivity contribution in [1.29, 1.82) is 0 Å². The zero-order chi connectivity index (χ0) is 19.0. The fourth-order valence-electron chi connectivity index (χ4n) is 2.92. The minimum atomic E-state index is -2.53. The Hall–Kier alpha value is 1.82. The number of hydrogen-bond acceptors (Lipinski definition) is 1. The van der Waals surface area contributed by atoms with Crippen LogP contribution in [0.4, 0.5) is 0 Å². The first-order chi connectivity index (χ1) is 11.8. The molecule has 0 aromatic heterocycles. The van der Waals surface area contributed by atoms with Gasteiger partial charge in [-0.05, 0) is 0 Å². The second-order valence-electron chi connectivity index (χ2n) is 6.49. The Morgan fingerprint density at radius 3 is 1.24 bits per heavy atom. The predicted molar refractivity (Wildman–Crippen MR) is 122 cm³/mol. The number of rotatable bonds is 11. The summed E-state index contributed by atoms with van der Waals surface area (Å²) in [4.78, 5) is 0.863. The molecule has 0 amide bonds. The van der Waals surface area contributed by atoms with Gasteiger partial charge in [0.1, 0.15) is 0 Å². The molecule has 0 nitrogen and oxygen atoms in total. The number of halogens is 5. The summed E-state index contributed by atoms with van der Waals surface area (Å²) in [5.74, 6) is 0. The molecule has 1 rings (SSSR count). The molecule has 7 heteroatoms. The van der Waals surface area contributed by atoms with Crippen molar-refractivity contribution in [2.75, 3.05) is 0 Å². The summed E-state index contributed by atoms with van der Waals surface area (Å²) < 4.78 is 4.04. The van der Waals surface area contributed by atoms with Gasteiger partial charge in [-0.15, -0.1) is 0 Å². The first kappa shape index (κ1) is 24.9. The van der Waals surface area contributed by atoms with Crippen molar-refractivity contribution in [1.82, 2.24) is 0 Å². The molecule has 0 spiro atoms. The van der Waals surface area contributed by atoms with Crippen molar-refractivity contribution in [2.24, 2.45) is 0 Å². The van der Waals surface area contributed by atoms with Crippen molar-refractivity contribution in [2.45, 2.75) is 77.5 Å². The van der Waals surface area contributed by atoms with Gasteiger partial charge in [0.2, 0.25) is 0 Å². The van der Waals surface area contributed by atoms with Gasteiger partial charge < -0.3 is 0 Å². The van der Waals surface area contributed by atoms with E-state index in [1.165, 1.54) is 51.8 Å². The van der Waals surface area contributed by atoms with Crippen LogP contribution in [0.2, 0.25) is 38.4 Å². The van der Waals surface area contributed by atoms with E-state index < -0.39 is 17.0 Å². The maximum atomic E-state index is 6.54. The molecule has 0 fully saturated rings. The second-order valence-corrected chi connectivity index (χ2v) is 27.6. The molecule has 0 unspecified atom stereocenters. The molecule has 1 aromatic carbocycles. The Balaban J connectivity index is 3.31. The predicted octanol–water partition coefficient (Wildman–Crippen LogP) is 10.4. The Kier molecular flexibility index (Phi) is 12.3. The molecule has 1 aromatic rings. The second kappa shape index (κ2) is 12.4. The van der Waals surface area contributed by atoms with Gasteiger partial charge in [-0.2, -0.15) is 0 Å². The SMILES string of the molecule is CCC[CH2][Sn]([CH2]CCC)([CH2]CCC)[S]c1c(Cl)c(Cl)c(Cl)c(Cl)c1Cl. The zero-order valence-corrected chi connectivity index (χ0v) is 22.6. The Bertz CT molecular complexity index is 514. The Morgan fingerprint density at radius 2 is 0.920 bits per heavy atom. The van der Waals surface area contributed by atoms with Crippen LogP contribution in [0.3, 0.4) is 0 Å².